The molecule has 1 aromatic heterocycles. The molecule has 0 aliphatic rings. The van der Waals surface area contributed by atoms with Gasteiger partial charge in [0.25, 0.3) is 5.91 Å². The Hall–Kier alpha value is -1.83. The molecule has 2 N–H and O–H groups in total. The second-order valence-corrected chi connectivity index (χ2v) is 1.93. The average molecular weight is 149 g/mol. The first-order valence-electron chi connectivity index (χ1n) is 2.81. The summed E-state index contributed by atoms with van der Waals surface area (Å²) in [5.74, 6) is -0.619. The number of hydrogen-bond donors (Lipinski definition) is 1. The minimum atomic E-state index is -0.662. The van der Waals surface area contributed by atoms with Crippen molar-refractivity contribution in [1.29, 1.82) is 5.26 Å². The largest absolute Gasteiger partial charge is 0.363 e. The lowest BCUT2D eigenvalue weighted by atomic mass is 10.5. The Kier molecular flexibility index (Phi) is 1.60. The van der Waals surface area contributed by atoms with E-state index in [-0.39, 0.29) is 11.5 Å². The number of carbonyl (C=O) groups is 1. The van der Waals surface area contributed by atoms with Crippen LogP contribution in [0, 0.1) is 17.5 Å². The number of nitrogens with zero attached hydrogens (tertiary/aromatic N) is 3. The number of aryl methyl sites for hydroxylation is 1. The second-order valence-electron chi connectivity index (χ2n) is 1.93. The fourth-order valence-corrected chi connectivity index (χ4v) is 0.688. The molecule has 1 heterocycles. The Balaban J connectivity index is 3.20. The molecule has 0 spiro atoms. The van der Waals surface area contributed by atoms with Crippen molar-refractivity contribution < 1.29 is 4.79 Å². The predicted molar refractivity (Wildman–Crippen MR) is 35.3 cm³/mol. The Morgan fingerprint density at radius 2 is 2.55 bits per heavy atom. The zero-order valence-electron chi connectivity index (χ0n) is 5.83. The summed E-state index contributed by atoms with van der Waals surface area (Å²) in [5, 5.41) is 8.35. The van der Waals surface area contributed by atoms with Gasteiger partial charge in [-0.15, -0.1) is 0 Å². The summed E-state index contributed by atoms with van der Waals surface area (Å²) in [6.07, 6.45) is 2.52. The van der Waals surface area contributed by atoms with Crippen LogP contribution >= 0.6 is 0 Å². The number of nitriles is 1. The summed E-state index contributed by atoms with van der Waals surface area (Å²) in [4.78, 5) is 14.2. The highest BCUT2D eigenvalue weighted by molar-refractivity contribution is 5.89. The maximum Gasteiger partial charge on any atom is 0.284 e. The molecule has 1 aromatic rings. The lowest BCUT2D eigenvalue weighted by Gasteiger charge is -1.91. The molecule has 0 unspecified atom stereocenters. The van der Waals surface area contributed by atoms with Crippen LogP contribution in [0.3, 0.4) is 0 Å². The molecule has 0 fully saturated rings. The first-order chi connectivity index (χ1) is 5.15. The third kappa shape index (κ3) is 1.19. The molecule has 5 nitrogen and oxygen atoms in total. The maximum atomic E-state index is 10.6. The molecule has 55 valence electrons. The fourth-order valence-electron chi connectivity index (χ4n) is 0.688. The molecule has 11 heavy (non-hydrogen) atoms. The van der Waals surface area contributed by atoms with E-state index in [0.717, 1.165) is 0 Å². The number of carbonyl (C=O) groups excluding carboxylic acids is 1. The highest BCUT2D eigenvalue weighted by atomic mass is 16.1. The van der Waals surface area contributed by atoms with Gasteiger partial charge in [-0.05, 0) is 0 Å². The Bertz CT molecular complexity index is 333. The van der Waals surface area contributed by atoms with Crippen LogP contribution < -0.4 is 5.73 Å². The van der Waals surface area contributed by atoms with Gasteiger partial charge in [0.2, 0.25) is 0 Å². The van der Waals surface area contributed by atoms with Crippen LogP contribution in [0.5, 0.6) is 0 Å². The molecule has 0 bridgehead atoms. The van der Waals surface area contributed by atoms with Gasteiger partial charge in [0.1, 0.15) is 12.3 Å². The van der Waals surface area contributed by atoms with Gasteiger partial charge in [0.15, 0.2) is 11.5 Å². The molecular formula is C6H5N4O. The van der Waals surface area contributed by atoms with Crippen molar-refractivity contribution in [3.8, 4) is 6.07 Å². The van der Waals surface area contributed by atoms with Crippen molar-refractivity contribution in [3.63, 3.8) is 0 Å². The van der Waals surface area contributed by atoms with Crippen LogP contribution in [-0.2, 0) is 7.05 Å². The van der Waals surface area contributed by atoms with Gasteiger partial charge in [-0.25, -0.2) is 4.98 Å². The summed E-state index contributed by atoms with van der Waals surface area (Å²) in [7, 11) is 1.55. The van der Waals surface area contributed by atoms with E-state index in [2.05, 4.69) is 11.2 Å². The third-order valence-corrected chi connectivity index (χ3v) is 1.14. The van der Waals surface area contributed by atoms with Crippen molar-refractivity contribution >= 4 is 5.91 Å². The van der Waals surface area contributed by atoms with Gasteiger partial charge in [0, 0.05) is 7.05 Å². The molecule has 0 saturated heterocycles. The minimum absolute atomic E-state index is 0.0431. The van der Waals surface area contributed by atoms with E-state index in [1.165, 1.54) is 4.57 Å². The summed E-state index contributed by atoms with van der Waals surface area (Å²) in [6.45, 7) is 0. The molecule has 0 saturated carbocycles. The molecule has 0 aliphatic carbocycles. The topological polar surface area (TPSA) is 84.7 Å². The normalized spacial score (nSPS) is 9.09. The highest BCUT2D eigenvalue weighted by Crippen LogP contribution is 1.96. The average Bonchev–Trinajstić information content (AvgIpc) is 2.30. The quantitative estimate of drug-likeness (QED) is 0.566. The number of amides is 1. The van der Waals surface area contributed by atoms with E-state index < -0.39 is 5.91 Å². The zero-order chi connectivity index (χ0) is 8.43. The Labute approximate surface area is 63.1 Å². The first-order valence-corrected chi connectivity index (χ1v) is 2.81. The van der Waals surface area contributed by atoms with Crippen LogP contribution in [0.15, 0.2) is 0 Å². The highest BCUT2D eigenvalue weighted by Gasteiger charge is 2.09. The van der Waals surface area contributed by atoms with E-state index in [1.807, 2.05) is 0 Å². The first kappa shape index (κ1) is 7.28. The number of hydrogen-bond acceptors (Lipinski definition) is 3. The molecular weight excluding hydrogens is 144 g/mol. The van der Waals surface area contributed by atoms with Crippen LogP contribution in [-0.4, -0.2) is 15.5 Å². The lowest BCUT2D eigenvalue weighted by molar-refractivity contribution is 0.0987. The number of primary amides is 1. The molecule has 0 aromatic carbocycles. The second kappa shape index (κ2) is 2.42. The number of nitrogens with two attached hydrogens (primary N) is 1. The number of aromatic nitrogens is 2. The van der Waals surface area contributed by atoms with E-state index in [1.54, 1.807) is 13.1 Å². The summed E-state index contributed by atoms with van der Waals surface area (Å²) in [5.41, 5.74) is 5.00. The van der Waals surface area contributed by atoms with Crippen molar-refractivity contribution in [1.82, 2.24) is 9.55 Å². The zero-order valence-corrected chi connectivity index (χ0v) is 5.83. The van der Waals surface area contributed by atoms with Crippen molar-refractivity contribution in [2.45, 2.75) is 0 Å². The van der Waals surface area contributed by atoms with Crippen LogP contribution in [0.1, 0.15) is 16.3 Å². The molecule has 0 aliphatic heterocycles. The molecule has 0 atom stereocenters. The minimum Gasteiger partial charge on any atom is -0.363 e. The van der Waals surface area contributed by atoms with Gasteiger partial charge in [-0.3, -0.25) is 4.79 Å². The maximum absolute atomic E-state index is 10.6. The van der Waals surface area contributed by atoms with E-state index in [4.69, 9.17) is 11.0 Å². The van der Waals surface area contributed by atoms with Crippen LogP contribution in [0.4, 0.5) is 0 Å². The monoisotopic (exact) mass is 149 g/mol. The summed E-state index contributed by atoms with van der Waals surface area (Å²) >= 11 is 0. The lowest BCUT2D eigenvalue weighted by Crippen LogP contribution is -2.16. The standard InChI is InChI=1S/C6H5N4O/c1-10-3-4(2-7)9-6(10)5(8)11/h1H3,(H2,8,11). The predicted octanol–water partition coefficient (Wildman–Crippen LogP) is -0.809. The molecule has 1 amide bonds. The smallest absolute Gasteiger partial charge is 0.284 e. The van der Waals surface area contributed by atoms with Crippen LogP contribution in [0.2, 0.25) is 0 Å². The van der Waals surface area contributed by atoms with Crippen molar-refractivity contribution in [2.75, 3.05) is 0 Å². The van der Waals surface area contributed by atoms with Gasteiger partial charge < -0.3 is 10.3 Å². The summed E-state index contributed by atoms with van der Waals surface area (Å²) in [6, 6.07) is 1.75. The van der Waals surface area contributed by atoms with Gasteiger partial charge in [0.05, 0.1) is 0 Å². The van der Waals surface area contributed by atoms with Crippen molar-refractivity contribution in [3.05, 3.63) is 17.7 Å². The summed E-state index contributed by atoms with van der Waals surface area (Å²) < 4.78 is 1.29. The SMILES string of the molecule is Cn1[c]c(C#N)nc1C(N)=O. The Morgan fingerprint density at radius 3 is 2.82 bits per heavy atom. The van der Waals surface area contributed by atoms with Gasteiger partial charge in [-0.2, -0.15) is 5.26 Å². The number of imidazole rings is 1. The van der Waals surface area contributed by atoms with Gasteiger partial charge >= 0.3 is 0 Å². The van der Waals surface area contributed by atoms with E-state index in [9.17, 15) is 4.79 Å². The van der Waals surface area contributed by atoms with Crippen LogP contribution in [0.25, 0.3) is 0 Å². The van der Waals surface area contributed by atoms with Crippen molar-refractivity contribution in [2.24, 2.45) is 12.8 Å². The van der Waals surface area contributed by atoms with E-state index in [0.29, 0.717) is 0 Å². The van der Waals surface area contributed by atoms with E-state index >= 15 is 0 Å². The molecule has 1 rings (SSSR count). The fraction of sp³-hybridized carbons (Fsp3) is 0.167. The third-order valence-electron chi connectivity index (χ3n) is 1.14. The molecule has 1 radical (unpaired) electrons. The van der Waals surface area contributed by atoms with Gasteiger partial charge in [-0.1, -0.05) is 0 Å². The number of rotatable bonds is 1. The molecule has 5 heteroatoms. The Morgan fingerprint density at radius 1 is 1.91 bits per heavy atom.